The Bertz CT molecular complexity index is 976. The normalized spacial score (nSPS) is 13.9. The molecule has 0 aliphatic rings. The second-order valence-corrected chi connectivity index (χ2v) is 8.12. The quantitative estimate of drug-likeness (QED) is 0.228. The van der Waals surface area contributed by atoms with Crippen molar-refractivity contribution in [3.8, 4) is 0 Å². The Hall–Kier alpha value is -3.05. The number of nitrogens with two attached hydrogens (primary N) is 1. The van der Waals surface area contributed by atoms with Gasteiger partial charge in [0.1, 0.15) is 12.1 Å². The van der Waals surface area contributed by atoms with Crippen LogP contribution in [0, 0.1) is 5.92 Å². The minimum absolute atomic E-state index is 0.0987. The number of thiol groups is 1. The van der Waals surface area contributed by atoms with Gasteiger partial charge in [0.2, 0.25) is 17.7 Å². The molecule has 0 aliphatic carbocycles. The van der Waals surface area contributed by atoms with Crippen molar-refractivity contribution >= 4 is 47.2 Å². The average molecular weight is 464 g/mol. The van der Waals surface area contributed by atoms with E-state index < -0.39 is 48.4 Å². The molecule has 1 heterocycles. The number of carboxylic acids is 1. The van der Waals surface area contributed by atoms with E-state index in [4.69, 9.17) is 5.73 Å². The number of carboxylic acid groups (broad SMARTS) is 1. The monoisotopic (exact) mass is 463 g/mol. The third kappa shape index (κ3) is 6.72. The number of H-pyrrole nitrogens is 1. The van der Waals surface area contributed by atoms with Gasteiger partial charge in [0.15, 0.2) is 0 Å². The minimum atomic E-state index is -1.16. The number of carbonyl (C=O) groups is 4. The van der Waals surface area contributed by atoms with Crippen LogP contribution in [-0.4, -0.2) is 64.2 Å². The molecule has 0 saturated heterocycles. The van der Waals surface area contributed by atoms with E-state index in [0.717, 1.165) is 16.5 Å². The van der Waals surface area contributed by atoms with Crippen LogP contribution >= 0.6 is 12.6 Å². The van der Waals surface area contributed by atoms with Crippen LogP contribution in [0.5, 0.6) is 0 Å². The number of aromatic amines is 1. The van der Waals surface area contributed by atoms with E-state index in [2.05, 4.69) is 33.6 Å². The van der Waals surface area contributed by atoms with Crippen LogP contribution in [0.1, 0.15) is 19.4 Å². The summed E-state index contributed by atoms with van der Waals surface area (Å²) in [5.74, 6) is -3.18. The van der Waals surface area contributed by atoms with Gasteiger partial charge in [-0.25, -0.2) is 4.79 Å². The molecule has 10 nitrogen and oxygen atoms in total. The smallest absolute Gasteiger partial charge is 0.326 e. The summed E-state index contributed by atoms with van der Waals surface area (Å²) in [6.07, 6.45) is 1.91. The third-order valence-electron chi connectivity index (χ3n) is 4.94. The van der Waals surface area contributed by atoms with Gasteiger partial charge in [-0.2, -0.15) is 12.6 Å². The molecule has 7 N–H and O–H groups in total. The topological polar surface area (TPSA) is 166 Å². The largest absolute Gasteiger partial charge is 0.480 e. The van der Waals surface area contributed by atoms with Crippen molar-refractivity contribution in [3.63, 3.8) is 0 Å². The van der Waals surface area contributed by atoms with Crippen molar-refractivity contribution in [1.29, 1.82) is 0 Å². The SMILES string of the molecule is CC(C)C(NC(=O)CNC(=O)C(Cc1c[nH]c2ccccc12)NC(=O)C(N)CS)C(=O)O. The number of amides is 3. The molecule has 0 aliphatic heterocycles. The summed E-state index contributed by atoms with van der Waals surface area (Å²) in [4.78, 5) is 51.6. The van der Waals surface area contributed by atoms with Gasteiger partial charge in [-0.15, -0.1) is 0 Å². The molecular weight excluding hydrogens is 434 g/mol. The molecule has 11 heteroatoms. The summed E-state index contributed by atoms with van der Waals surface area (Å²) >= 11 is 4.01. The first-order valence-corrected chi connectivity index (χ1v) is 10.8. The number of aliphatic carboxylic acids is 1. The Morgan fingerprint density at radius 2 is 1.81 bits per heavy atom. The number of fused-ring (bicyclic) bond motifs is 1. The molecule has 3 atom stereocenters. The Kier molecular flexibility index (Phi) is 9.09. The van der Waals surface area contributed by atoms with E-state index in [0.29, 0.717) is 0 Å². The molecule has 2 aromatic rings. The first-order valence-electron chi connectivity index (χ1n) is 10.2. The number of rotatable bonds is 11. The van der Waals surface area contributed by atoms with E-state index in [1.807, 2.05) is 24.3 Å². The molecule has 2 rings (SSSR count). The van der Waals surface area contributed by atoms with Crippen molar-refractivity contribution < 1.29 is 24.3 Å². The van der Waals surface area contributed by atoms with Gasteiger partial charge in [0.05, 0.1) is 12.6 Å². The summed E-state index contributed by atoms with van der Waals surface area (Å²) in [7, 11) is 0. The van der Waals surface area contributed by atoms with Crippen LogP contribution in [0.15, 0.2) is 30.5 Å². The predicted molar refractivity (Wildman–Crippen MR) is 123 cm³/mol. The first kappa shape index (κ1) is 25.2. The Morgan fingerprint density at radius 1 is 1.12 bits per heavy atom. The molecule has 3 amide bonds. The van der Waals surface area contributed by atoms with Gasteiger partial charge in [-0.05, 0) is 17.5 Å². The standard InChI is InChI=1S/C21H29N5O5S/c1-11(2)18(21(30)31)26-17(27)9-24-20(29)16(25-19(28)14(22)10-32)7-12-8-23-15-6-4-3-5-13(12)15/h3-6,8,11,14,16,18,23,32H,7,9-10,22H2,1-2H3,(H,24,29)(H,25,28)(H,26,27)(H,30,31). The number of carbonyl (C=O) groups excluding carboxylic acids is 3. The number of hydrogen-bond donors (Lipinski definition) is 7. The van der Waals surface area contributed by atoms with Crippen molar-refractivity contribution in [2.75, 3.05) is 12.3 Å². The van der Waals surface area contributed by atoms with Crippen LogP contribution in [0.4, 0.5) is 0 Å². The van der Waals surface area contributed by atoms with Gasteiger partial charge >= 0.3 is 5.97 Å². The van der Waals surface area contributed by atoms with E-state index in [1.165, 1.54) is 0 Å². The van der Waals surface area contributed by atoms with Crippen LogP contribution in [0.3, 0.4) is 0 Å². The number of nitrogens with one attached hydrogen (secondary N) is 4. The van der Waals surface area contributed by atoms with Gasteiger partial charge in [-0.1, -0.05) is 32.0 Å². The highest BCUT2D eigenvalue weighted by Crippen LogP contribution is 2.19. The summed E-state index contributed by atoms with van der Waals surface area (Å²) in [5, 5.41) is 17.5. The summed E-state index contributed by atoms with van der Waals surface area (Å²) in [5.41, 5.74) is 7.40. The van der Waals surface area contributed by atoms with Crippen LogP contribution < -0.4 is 21.7 Å². The van der Waals surface area contributed by atoms with E-state index >= 15 is 0 Å². The van der Waals surface area contributed by atoms with E-state index in [-0.39, 0.29) is 18.1 Å². The maximum Gasteiger partial charge on any atom is 0.326 e. The van der Waals surface area contributed by atoms with Gasteiger partial charge in [0.25, 0.3) is 0 Å². The molecule has 0 fully saturated rings. The zero-order chi connectivity index (χ0) is 23.8. The molecule has 1 aromatic carbocycles. The molecule has 32 heavy (non-hydrogen) atoms. The first-order chi connectivity index (χ1) is 15.1. The lowest BCUT2D eigenvalue weighted by molar-refractivity contribution is -0.143. The fraction of sp³-hybridized carbons (Fsp3) is 0.429. The van der Waals surface area contributed by atoms with Gasteiger partial charge in [-0.3, -0.25) is 14.4 Å². The molecule has 0 spiro atoms. The minimum Gasteiger partial charge on any atom is -0.480 e. The molecule has 3 unspecified atom stereocenters. The maximum absolute atomic E-state index is 12.8. The van der Waals surface area contributed by atoms with Gasteiger partial charge in [0, 0.05) is 29.3 Å². The van der Waals surface area contributed by atoms with Crippen LogP contribution in [0.2, 0.25) is 0 Å². The lowest BCUT2D eigenvalue weighted by Gasteiger charge is -2.21. The average Bonchev–Trinajstić information content (AvgIpc) is 3.17. The molecule has 174 valence electrons. The summed E-state index contributed by atoms with van der Waals surface area (Å²) in [6.45, 7) is 2.89. The molecule has 0 saturated carbocycles. The molecule has 1 aromatic heterocycles. The highest BCUT2D eigenvalue weighted by atomic mass is 32.1. The van der Waals surface area contributed by atoms with Crippen molar-refractivity contribution in [2.24, 2.45) is 11.7 Å². The Balaban J connectivity index is 2.10. The maximum atomic E-state index is 12.8. The Morgan fingerprint density at radius 3 is 2.44 bits per heavy atom. The lowest BCUT2D eigenvalue weighted by Crippen LogP contribution is -2.54. The summed E-state index contributed by atoms with van der Waals surface area (Å²) < 4.78 is 0. The second-order valence-electron chi connectivity index (χ2n) is 7.76. The fourth-order valence-electron chi connectivity index (χ4n) is 3.12. The number of hydrogen-bond acceptors (Lipinski definition) is 6. The molecular formula is C21H29N5O5S. The van der Waals surface area contributed by atoms with Crippen molar-refractivity contribution in [3.05, 3.63) is 36.0 Å². The molecule has 0 bridgehead atoms. The molecule has 0 radical (unpaired) electrons. The zero-order valence-corrected chi connectivity index (χ0v) is 18.8. The van der Waals surface area contributed by atoms with E-state index in [9.17, 15) is 24.3 Å². The van der Waals surface area contributed by atoms with Crippen LogP contribution in [0.25, 0.3) is 10.9 Å². The lowest BCUT2D eigenvalue weighted by atomic mass is 10.0. The summed E-state index contributed by atoms with van der Waals surface area (Å²) in [6, 6.07) is 4.55. The van der Waals surface area contributed by atoms with Crippen LogP contribution in [-0.2, 0) is 25.6 Å². The fourth-order valence-corrected chi connectivity index (χ4v) is 3.29. The van der Waals surface area contributed by atoms with E-state index in [1.54, 1.807) is 20.0 Å². The number of aromatic nitrogens is 1. The Labute approximate surface area is 191 Å². The second kappa shape index (κ2) is 11.5. The highest BCUT2D eigenvalue weighted by molar-refractivity contribution is 7.80. The van der Waals surface area contributed by atoms with Crippen molar-refractivity contribution in [1.82, 2.24) is 20.9 Å². The number of para-hydroxylation sites is 1. The van der Waals surface area contributed by atoms with Gasteiger partial charge < -0.3 is 31.8 Å². The third-order valence-corrected chi connectivity index (χ3v) is 5.33. The zero-order valence-electron chi connectivity index (χ0n) is 17.9. The highest BCUT2D eigenvalue weighted by Gasteiger charge is 2.27. The predicted octanol–water partition coefficient (Wildman–Crippen LogP) is -0.206. The number of benzene rings is 1. The van der Waals surface area contributed by atoms with Crippen molar-refractivity contribution in [2.45, 2.75) is 38.4 Å².